The number of aliphatic hydroxyl groups excluding tert-OH is 1. The minimum atomic E-state index is -0.881. The van der Waals surface area contributed by atoms with Crippen molar-refractivity contribution in [1.82, 2.24) is 0 Å². The summed E-state index contributed by atoms with van der Waals surface area (Å²) in [5.74, 6) is -2.06. The molecule has 0 heterocycles. The van der Waals surface area contributed by atoms with Crippen molar-refractivity contribution in [3.05, 3.63) is 12.2 Å². The molecule has 0 aliphatic carbocycles. The molecule has 0 aromatic rings. The Morgan fingerprint density at radius 2 is 1.12 bits per heavy atom. The summed E-state index contributed by atoms with van der Waals surface area (Å²) in [5, 5.41) is 22.9. The van der Waals surface area contributed by atoms with Gasteiger partial charge in [0.1, 0.15) is 0 Å². The van der Waals surface area contributed by atoms with E-state index in [4.69, 9.17) is 19.7 Å². The number of aliphatic carboxylic acids is 2. The van der Waals surface area contributed by atoms with Gasteiger partial charge in [-0.1, -0.05) is 20.4 Å². The number of hydrogen-bond donors (Lipinski definition) is 5. The molecule has 2 unspecified atom stereocenters. The van der Waals surface area contributed by atoms with Crippen LogP contribution < -0.4 is 0 Å². The van der Waals surface area contributed by atoms with E-state index in [2.05, 4.69) is 38.2 Å². The van der Waals surface area contributed by atoms with Gasteiger partial charge in [0.2, 0.25) is 0 Å². The summed E-state index contributed by atoms with van der Waals surface area (Å²) < 4.78 is 23.4. The van der Waals surface area contributed by atoms with Gasteiger partial charge in [-0.05, 0) is 6.92 Å². The van der Waals surface area contributed by atoms with Crippen molar-refractivity contribution in [3.63, 3.8) is 0 Å². The zero-order valence-corrected chi connectivity index (χ0v) is 28.9. The number of carboxylic acid groups (broad SMARTS) is 2. The van der Waals surface area contributed by atoms with E-state index in [1.165, 1.54) is 52.0 Å². The SMILES string of the molecule is C=C(C)C(=O)OC.CO.COC(=O)C(C)CSCC(=O)O.COC(=O)CSCC(C)C(=O)OC.O=C(O)CS.[B].[NH]=[Al]. The molecule has 242 valence electrons. The fourth-order valence-corrected chi connectivity index (χ4v) is 3.09. The van der Waals surface area contributed by atoms with Gasteiger partial charge in [0, 0.05) is 32.6 Å². The number of carboxylic acids is 2. The Bertz CT molecular complexity index is 750. The molecule has 0 saturated carbocycles. The second-order valence-corrected chi connectivity index (χ2v) is 9.05. The van der Waals surface area contributed by atoms with Gasteiger partial charge in [0.15, 0.2) is 0 Å². The molecule has 4 radical (unpaired) electrons. The van der Waals surface area contributed by atoms with Crippen LogP contribution in [0.4, 0.5) is 0 Å². The van der Waals surface area contributed by atoms with E-state index in [0.29, 0.717) is 17.1 Å². The normalized spacial score (nSPS) is 9.55. The standard InChI is InChI=1S/C8H14O4S.C7H12O4S.C5H8O2.C2H4O2S.CH4O.Al.B.HN/c1-6(8(10)12-3)4-13-5-7(9)11-2;1-5(7(10)11-2)3-12-4-6(8)9;1-4(2)5(6)7-3;3-2(4)1-5;1-2;;;/h6H,4-5H2,1-3H3;5H,3-4H2,1-2H3,(H,8,9);1H2,2-3H3;5H,1H2,(H,3,4);2H,1H3;;;1H. The van der Waals surface area contributed by atoms with E-state index in [0.717, 1.165) is 7.11 Å². The van der Waals surface area contributed by atoms with Crippen molar-refractivity contribution in [2.24, 2.45) is 11.8 Å². The van der Waals surface area contributed by atoms with E-state index in [1.54, 1.807) is 36.9 Å². The molecular formula is C23H43AlBNO13S3. The number of esters is 4. The Kier molecular flexibility index (Phi) is 57.7. The van der Waals surface area contributed by atoms with Crippen LogP contribution in [0.15, 0.2) is 12.2 Å². The predicted octanol–water partition coefficient (Wildman–Crippen LogP) is 1.20. The van der Waals surface area contributed by atoms with Gasteiger partial charge >= 0.3 is 56.3 Å². The van der Waals surface area contributed by atoms with Crippen LogP contribution in [-0.2, 0) is 47.7 Å². The molecule has 0 aromatic heterocycles. The topological polar surface area (TPSA) is 224 Å². The van der Waals surface area contributed by atoms with Crippen LogP contribution in [0.1, 0.15) is 20.8 Å². The van der Waals surface area contributed by atoms with Crippen LogP contribution in [0.3, 0.4) is 0 Å². The van der Waals surface area contributed by atoms with Crippen LogP contribution in [-0.4, -0.2) is 140 Å². The monoisotopic (exact) mass is 675 g/mol. The van der Waals surface area contributed by atoms with Crippen LogP contribution >= 0.6 is 36.2 Å². The van der Waals surface area contributed by atoms with E-state index >= 15 is 0 Å². The second kappa shape index (κ2) is 43.4. The van der Waals surface area contributed by atoms with Gasteiger partial charge in [0.25, 0.3) is 0 Å². The number of thioether (sulfide) groups is 2. The number of methoxy groups -OCH3 is 4. The van der Waals surface area contributed by atoms with Crippen LogP contribution in [0.25, 0.3) is 0 Å². The molecule has 0 aliphatic rings. The van der Waals surface area contributed by atoms with Crippen LogP contribution in [0.5, 0.6) is 0 Å². The Balaban J connectivity index is -0.0000000777. The molecule has 0 fully saturated rings. The molecular weight excluding hydrogens is 632 g/mol. The Morgan fingerprint density at radius 1 is 0.786 bits per heavy atom. The van der Waals surface area contributed by atoms with Crippen molar-refractivity contribution in [1.29, 1.82) is 4.35 Å². The molecule has 4 N–H and O–H groups in total. The number of carbonyl (C=O) groups is 6. The third-order valence-electron chi connectivity index (χ3n) is 3.29. The maximum absolute atomic E-state index is 10.9. The van der Waals surface area contributed by atoms with Crippen molar-refractivity contribution < 1.29 is 63.0 Å². The summed E-state index contributed by atoms with van der Waals surface area (Å²) in [7, 11) is 6.34. The molecule has 0 rings (SSSR count). The fraction of sp³-hybridized carbons (Fsp3) is 0.652. The molecule has 0 aliphatic heterocycles. The first-order chi connectivity index (χ1) is 19.1. The van der Waals surface area contributed by atoms with Gasteiger partial charge in [-0.25, -0.2) is 4.79 Å². The molecule has 14 nitrogen and oxygen atoms in total. The Morgan fingerprint density at radius 3 is 1.31 bits per heavy atom. The van der Waals surface area contributed by atoms with Gasteiger partial charge in [-0.2, -0.15) is 12.6 Å². The van der Waals surface area contributed by atoms with Gasteiger partial charge in [-0.3, -0.25) is 24.0 Å². The zero-order chi connectivity index (χ0) is 34.0. The van der Waals surface area contributed by atoms with E-state index < -0.39 is 11.9 Å². The van der Waals surface area contributed by atoms with Crippen molar-refractivity contribution in [3.8, 4) is 0 Å². The van der Waals surface area contributed by atoms with E-state index in [9.17, 15) is 28.8 Å². The summed E-state index contributed by atoms with van der Waals surface area (Å²) in [5.41, 5.74) is 0.433. The van der Waals surface area contributed by atoms with E-state index in [-0.39, 0.29) is 61.4 Å². The molecule has 42 heavy (non-hydrogen) atoms. The maximum atomic E-state index is 10.9. The second-order valence-electron chi connectivity index (χ2n) is 6.67. The molecule has 19 heteroatoms. The predicted molar refractivity (Wildman–Crippen MR) is 167 cm³/mol. The van der Waals surface area contributed by atoms with Gasteiger partial charge < -0.3 is 34.3 Å². The minimum absolute atomic E-state index is 0. The number of thiol groups is 1. The van der Waals surface area contributed by atoms with Crippen molar-refractivity contribution in [2.45, 2.75) is 20.8 Å². The molecule has 0 bridgehead atoms. The third kappa shape index (κ3) is 50.8. The molecule has 0 spiro atoms. The average molecular weight is 676 g/mol. The first-order valence-corrected chi connectivity index (χ1v) is 14.6. The number of rotatable bonds is 12. The number of ether oxygens (including phenoxy) is 4. The van der Waals surface area contributed by atoms with Crippen LogP contribution in [0.2, 0.25) is 0 Å². The number of hydrogen-bond acceptors (Lipinski definition) is 15. The number of carbonyl (C=O) groups excluding carboxylic acids is 4. The Labute approximate surface area is 272 Å². The summed E-state index contributed by atoms with van der Waals surface area (Å²) in [6.45, 7) is 8.42. The van der Waals surface area contributed by atoms with Gasteiger partial charge in [-0.15, -0.1) is 23.5 Å². The number of aliphatic hydroxyl groups is 1. The molecule has 2 atom stereocenters. The van der Waals surface area contributed by atoms with Crippen LogP contribution in [0, 0.1) is 16.2 Å². The first kappa shape index (κ1) is 55.8. The molecule has 0 aromatic carbocycles. The Hall–Kier alpha value is -2.03. The molecule has 0 amide bonds. The van der Waals surface area contributed by atoms with Gasteiger partial charge in [0.05, 0.1) is 57.5 Å². The average Bonchev–Trinajstić information content (AvgIpc) is 2.98. The summed E-state index contributed by atoms with van der Waals surface area (Å²) in [6, 6.07) is 0. The summed E-state index contributed by atoms with van der Waals surface area (Å²) in [4.78, 5) is 61.9. The third-order valence-corrected chi connectivity index (χ3v) is 5.92. The zero-order valence-electron chi connectivity index (χ0n) is 25.2. The summed E-state index contributed by atoms with van der Waals surface area (Å²) in [6.07, 6.45) is 0. The van der Waals surface area contributed by atoms with E-state index in [1.807, 2.05) is 0 Å². The first-order valence-electron chi connectivity index (χ1n) is 11.0. The quantitative estimate of drug-likeness (QED) is 0.0644. The summed E-state index contributed by atoms with van der Waals surface area (Å²) >= 11 is 7.66. The fourth-order valence-electron chi connectivity index (χ4n) is 1.41. The van der Waals surface area contributed by atoms with Crippen molar-refractivity contribution in [2.75, 3.05) is 64.3 Å². The molecule has 0 saturated heterocycles. The number of nitrogens with one attached hydrogen (secondary N) is 1. The van der Waals surface area contributed by atoms with Crippen molar-refractivity contribution >= 4 is 96.5 Å².